The Balaban J connectivity index is 1.95. The summed E-state index contributed by atoms with van der Waals surface area (Å²) in [5.41, 5.74) is 0. The van der Waals surface area contributed by atoms with Crippen molar-refractivity contribution in [1.29, 1.82) is 0 Å². The van der Waals surface area contributed by atoms with Gasteiger partial charge >= 0.3 is 0 Å². The normalized spacial score (nSPS) is 42.2. The van der Waals surface area contributed by atoms with Crippen LogP contribution in [0.4, 0.5) is 0 Å². The molecule has 2 heteroatoms. The second-order valence-electron chi connectivity index (χ2n) is 7.18. The molecule has 0 amide bonds. The third-order valence-corrected chi connectivity index (χ3v) is 5.24. The van der Waals surface area contributed by atoms with Crippen molar-refractivity contribution in [3.05, 3.63) is 0 Å². The van der Waals surface area contributed by atoms with Crippen molar-refractivity contribution in [2.24, 2.45) is 23.7 Å². The van der Waals surface area contributed by atoms with Gasteiger partial charge in [0.25, 0.3) is 0 Å². The minimum atomic E-state index is 0.739. The van der Waals surface area contributed by atoms with Crippen molar-refractivity contribution in [3.8, 4) is 0 Å². The molecule has 0 aromatic carbocycles. The van der Waals surface area contributed by atoms with Gasteiger partial charge in [0.2, 0.25) is 0 Å². The van der Waals surface area contributed by atoms with E-state index in [1.807, 2.05) is 0 Å². The summed E-state index contributed by atoms with van der Waals surface area (Å²) in [7, 11) is 0. The molecule has 5 atom stereocenters. The van der Waals surface area contributed by atoms with Gasteiger partial charge in [-0.05, 0) is 56.0 Å². The summed E-state index contributed by atoms with van der Waals surface area (Å²) in [6.45, 7) is 12.0. The molecule has 5 unspecified atom stereocenters. The number of rotatable bonds is 3. The molecule has 1 aliphatic carbocycles. The van der Waals surface area contributed by atoms with Crippen LogP contribution in [-0.2, 0) is 0 Å². The molecule has 1 heterocycles. The Morgan fingerprint density at radius 2 is 1.83 bits per heavy atom. The fourth-order valence-corrected chi connectivity index (χ4v) is 3.93. The van der Waals surface area contributed by atoms with Crippen LogP contribution in [-0.4, -0.2) is 25.2 Å². The lowest BCUT2D eigenvalue weighted by molar-refractivity contribution is 0.140. The largest absolute Gasteiger partial charge is 0.316 e. The second kappa shape index (κ2) is 6.38. The Hall–Kier alpha value is -0.0800. The van der Waals surface area contributed by atoms with Crippen molar-refractivity contribution in [2.75, 3.05) is 13.1 Å². The van der Waals surface area contributed by atoms with Crippen molar-refractivity contribution in [1.82, 2.24) is 10.6 Å². The van der Waals surface area contributed by atoms with Crippen LogP contribution in [0.2, 0.25) is 0 Å². The highest BCUT2D eigenvalue weighted by atomic mass is 15.0. The van der Waals surface area contributed by atoms with Gasteiger partial charge in [-0.2, -0.15) is 0 Å². The molecule has 2 N–H and O–H groups in total. The summed E-state index contributed by atoms with van der Waals surface area (Å²) in [6.07, 6.45) is 5.55. The van der Waals surface area contributed by atoms with E-state index in [4.69, 9.17) is 0 Å². The predicted octanol–water partition coefficient (Wildman–Crippen LogP) is 3.03. The maximum atomic E-state index is 4.03. The van der Waals surface area contributed by atoms with Crippen molar-refractivity contribution in [2.45, 2.75) is 65.5 Å². The van der Waals surface area contributed by atoms with E-state index in [2.05, 4.69) is 38.3 Å². The Morgan fingerprint density at radius 3 is 2.50 bits per heavy atom. The van der Waals surface area contributed by atoms with Crippen molar-refractivity contribution >= 4 is 0 Å². The van der Waals surface area contributed by atoms with Gasteiger partial charge in [0, 0.05) is 12.1 Å². The summed E-state index contributed by atoms with van der Waals surface area (Å²) in [4.78, 5) is 0. The zero-order valence-corrected chi connectivity index (χ0v) is 12.7. The average molecular weight is 252 g/mol. The van der Waals surface area contributed by atoms with E-state index < -0.39 is 0 Å². The van der Waals surface area contributed by atoms with Crippen LogP contribution >= 0.6 is 0 Å². The maximum absolute atomic E-state index is 4.03. The van der Waals surface area contributed by atoms with Crippen LogP contribution in [0.15, 0.2) is 0 Å². The molecule has 0 radical (unpaired) electrons. The standard InChI is InChI=1S/C16H32N2/c1-11(2)14-6-5-12(3)9-16(14)18-15-7-8-17-10-13(15)4/h11-18H,5-10H2,1-4H3. The quantitative estimate of drug-likeness (QED) is 0.807. The third kappa shape index (κ3) is 3.48. The van der Waals surface area contributed by atoms with E-state index in [0.29, 0.717) is 0 Å². The zero-order chi connectivity index (χ0) is 13.1. The van der Waals surface area contributed by atoms with E-state index in [-0.39, 0.29) is 0 Å². The fraction of sp³-hybridized carbons (Fsp3) is 1.00. The molecule has 0 aromatic heterocycles. The summed E-state index contributed by atoms with van der Waals surface area (Å²) < 4.78 is 0. The molecule has 2 nitrogen and oxygen atoms in total. The van der Waals surface area contributed by atoms with E-state index >= 15 is 0 Å². The molecule has 1 saturated carbocycles. The molecule has 18 heavy (non-hydrogen) atoms. The highest BCUT2D eigenvalue weighted by Crippen LogP contribution is 2.34. The maximum Gasteiger partial charge on any atom is 0.0120 e. The first kappa shape index (κ1) is 14.3. The van der Waals surface area contributed by atoms with E-state index in [1.54, 1.807) is 0 Å². The summed E-state index contributed by atoms with van der Waals surface area (Å²) in [5.74, 6) is 3.41. The fourth-order valence-electron chi connectivity index (χ4n) is 3.93. The number of hydrogen-bond acceptors (Lipinski definition) is 2. The lowest BCUT2D eigenvalue weighted by atomic mass is 9.73. The highest BCUT2D eigenvalue weighted by Gasteiger charge is 2.33. The van der Waals surface area contributed by atoms with Gasteiger partial charge in [0.1, 0.15) is 0 Å². The number of nitrogens with one attached hydrogen (secondary N) is 2. The smallest absolute Gasteiger partial charge is 0.0120 e. The van der Waals surface area contributed by atoms with Gasteiger partial charge in [-0.1, -0.05) is 34.1 Å². The molecular weight excluding hydrogens is 220 g/mol. The van der Waals surface area contributed by atoms with Gasteiger partial charge < -0.3 is 10.6 Å². The first-order valence-electron chi connectivity index (χ1n) is 8.04. The van der Waals surface area contributed by atoms with E-state index in [1.165, 1.54) is 38.8 Å². The SMILES string of the molecule is CC1CCC(C(C)C)C(NC2CCNCC2C)C1. The molecule has 0 bridgehead atoms. The van der Waals surface area contributed by atoms with Gasteiger partial charge in [-0.25, -0.2) is 0 Å². The highest BCUT2D eigenvalue weighted by molar-refractivity contribution is 4.90. The summed E-state index contributed by atoms with van der Waals surface area (Å²) in [6, 6.07) is 1.50. The van der Waals surface area contributed by atoms with Crippen molar-refractivity contribution < 1.29 is 0 Å². The minimum absolute atomic E-state index is 0.739. The van der Waals surface area contributed by atoms with Gasteiger partial charge in [-0.3, -0.25) is 0 Å². The van der Waals surface area contributed by atoms with Gasteiger partial charge in [-0.15, -0.1) is 0 Å². The molecular formula is C16H32N2. The number of hydrogen-bond donors (Lipinski definition) is 2. The van der Waals surface area contributed by atoms with Gasteiger partial charge in [0.15, 0.2) is 0 Å². The van der Waals surface area contributed by atoms with Crippen molar-refractivity contribution in [3.63, 3.8) is 0 Å². The van der Waals surface area contributed by atoms with Crippen LogP contribution < -0.4 is 10.6 Å². The van der Waals surface area contributed by atoms with Gasteiger partial charge in [0.05, 0.1) is 0 Å². The minimum Gasteiger partial charge on any atom is -0.316 e. The number of piperidine rings is 1. The van der Waals surface area contributed by atoms with Crippen LogP contribution in [0.3, 0.4) is 0 Å². The summed E-state index contributed by atoms with van der Waals surface area (Å²) in [5, 5.41) is 7.53. The molecule has 1 saturated heterocycles. The molecule has 2 aliphatic rings. The molecule has 0 aromatic rings. The Bertz CT molecular complexity index is 251. The zero-order valence-electron chi connectivity index (χ0n) is 12.7. The predicted molar refractivity (Wildman–Crippen MR) is 78.7 cm³/mol. The lowest BCUT2D eigenvalue weighted by Crippen LogP contribution is -2.53. The topological polar surface area (TPSA) is 24.1 Å². The molecule has 1 aliphatic heterocycles. The third-order valence-electron chi connectivity index (χ3n) is 5.24. The Labute approximate surface area is 113 Å². The molecule has 2 rings (SSSR count). The van der Waals surface area contributed by atoms with Crippen LogP contribution in [0.5, 0.6) is 0 Å². The lowest BCUT2D eigenvalue weighted by Gasteiger charge is -2.42. The Kier molecular flexibility index (Phi) is 5.08. The molecule has 106 valence electrons. The van der Waals surface area contributed by atoms with Crippen LogP contribution in [0, 0.1) is 23.7 Å². The summed E-state index contributed by atoms with van der Waals surface area (Å²) >= 11 is 0. The van der Waals surface area contributed by atoms with Crippen LogP contribution in [0.25, 0.3) is 0 Å². The molecule has 2 fully saturated rings. The first-order chi connectivity index (χ1) is 8.58. The average Bonchev–Trinajstić information content (AvgIpc) is 2.32. The van der Waals surface area contributed by atoms with E-state index in [9.17, 15) is 0 Å². The monoisotopic (exact) mass is 252 g/mol. The second-order valence-corrected chi connectivity index (χ2v) is 7.18. The Morgan fingerprint density at radius 1 is 1.06 bits per heavy atom. The van der Waals surface area contributed by atoms with E-state index in [0.717, 1.165) is 35.8 Å². The molecule has 0 spiro atoms. The first-order valence-corrected chi connectivity index (χ1v) is 8.04. The van der Waals surface area contributed by atoms with Crippen LogP contribution in [0.1, 0.15) is 53.4 Å².